The smallest absolute Gasteiger partial charge is 0.168 e. The van der Waals surface area contributed by atoms with Crippen LogP contribution in [0.1, 0.15) is 22.8 Å². The summed E-state index contributed by atoms with van der Waals surface area (Å²) in [7, 11) is 0. The summed E-state index contributed by atoms with van der Waals surface area (Å²) >= 11 is 0. The van der Waals surface area contributed by atoms with Crippen molar-refractivity contribution in [1.29, 1.82) is 0 Å². The van der Waals surface area contributed by atoms with Crippen molar-refractivity contribution in [2.75, 3.05) is 6.61 Å². The summed E-state index contributed by atoms with van der Waals surface area (Å²) in [6.45, 7) is 3.76. The molecule has 0 saturated carbocycles. The molecule has 0 radical (unpaired) electrons. The predicted octanol–water partition coefficient (Wildman–Crippen LogP) is 2.35. The third-order valence-electron chi connectivity index (χ3n) is 1.68. The Morgan fingerprint density at radius 2 is 2.23 bits per heavy atom. The number of benzene rings is 1. The van der Waals surface area contributed by atoms with E-state index >= 15 is 0 Å². The molecule has 0 saturated heterocycles. The van der Waals surface area contributed by atoms with Crippen molar-refractivity contribution in [3.05, 3.63) is 29.1 Å². The fraction of sp³-hybridized carbons (Fsp3) is 0.300. The predicted molar refractivity (Wildman–Crippen MR) is 47.7 cm³/mol. The average Bonchev–Trinajstić information content (AvgIpc) is 2.13. The lowest BCUT2D eigenvalue weighted by atomic mass is 10.1. The number of rotatable bonds is 3. The lowest BCUT2D eigenvalue weighted by Gasteiger charge is -2.06. The Balaban J connectivity index is 3.16. The zero-order valence-corrected chi connectivity index (χ0v) is 7.63. The number of halogens is 1. The van der Waals surface area contributed by atoms with Crippen LogP contribution in [0.4, 0.5) is 4.39 Å². The molecule has 0 aliphatic rings. The molecule has 0 spiro atoms. The fourth-order valence-electron chi connectivity index (χ4n) is 1.09. The van der Waals surface area contributed by atoms with Crippen LogP contribution in [-0.4, -0.2) is 12.9 Å². The number of aldehydes is 1. The summed E-state index contributed by atoms with van der Waals surface area (Å²) < 4.78 is 18.3. The summed E-state index contributed by atoms with van der Waals surface area (Å²) in [5, 5.41) is 0. The highest BCUT2D eigenvalue weighted by Gasteiger charge is 2.07. The van der Waals surface area contributed by atoms with Gasteiger partial charge >= 0.3 is 0 Å². The van der Waals surface area contributed by atoms with Gasteiger partial charge in [0.2, 0.25) is 0 Å². The molecule has 0 fully saturated rings. The van der Waals surface area contributed by atoms with Gasteiger partial charge in [-0.15, -0.1) is 0 Å². The molecule has 1 aromatic carbocycles. The zero-order chi connectivity index (χ0) is 9.84. The average molecular weight is 182 g/mol. The Bertz CT molecular complexity index is 321. The maximum atomic E-state index is 13.3. The first kappa shape index (κ1) is 9.71. The SMILES string of the molecule is CCOc1cc(C=O)cc(C)c1F. The van der Waals surface area contributed by atoms with E-state index in [-0.39, 0.29) is 5.75 Å². The van der Waals surface area contributed by atoms with Gasteiger partial charge in [0, 0.05) is 5.56 Å². The minimum absolute atomic E-state index is 0.143. The fourth-order valence-corrected chi connectivity index (χ4v) is 1.09. The van der Waals surface area contributed by atoms with Crippen LogP contribution < -0.4 is 4.74 Å². The van der Waals surface area contributed by atoms with E-state index in [1.165, 1.54) is 12.1 Å². The lowest BCUT2D eigenvalue weighted by Crippen LogP contribution is -1.98. The quantitative estimate of drug-likeness (QED) is 0.670. The van der Waals surface area contributed by atoms with Crippen LogP contribution in [0, 0.1) is 12.7 Å². The number of hydrogen-bond acceptors (Lipinski definition) is 2. The van der Waals surface area contributed by atoms with Crippen LogP contribution >= 0.6 is 0 Å². The molecule has 0 aliphatic carbocycles. The van der Waals surface area contributed by atoms with E-state index in [4.69, 9.17) is 4.74 Å². The number of ether oxygens (including phenoxy) is 1. The highest BCUT2D eigenvalue weighted by Crippen LogP contribution is 2.21. The normalized spacial score (nSPS) is 9.77. The largest absolute Gasteiger partial charge is 0.491 e. The van der Waals surface area contributed by atoms with Crippen molar-refractivity contribution in [2.24, 2.45) is 0 Å². The van der Waals surface area contributed by atoms with Gasteiger partial charge in [0.25, 0.3) is 0 Å². The molecule has 0 unspecified atom stereocenters. The summed E-state index contributed by atoms with van der Waals surface area (Å²) in [6.07, 6.45) is 0.676. The van der Waals surface area contributed by atoms with Gasteiger partial charge < -0.3 is 4.74 Å². The Morgan fingerprint density at radius 1 is 1.54 bits per heavy atom. The van der Waals surface area contributed by atoms with Crippen molar-refractivity contribution in [2.45, 2.75) is 13.8 Å². The van der Waals surface area contributed by atoms with E-state index in [0.29, 0.717) is 24.0 Å². The number of hydrogen-bond donors (Lipinski definition) is 0. The summed E-state index contributed by atoms with van der Waals surface area (Å²) in [5.41, 5.74) is 0.857. The van der Waals surface area contributed by atoms with Crippen LogP contribution in [0.5, 0.6) is 5.75 Å². The van der Waals surface area contributed by atoms with Gasteiger partial charge in [-0.2, -0.15) is 0 Å². The Kier molecular flexibility index (Phi) is 3.01. The number of aryl methyl sites for hydroxylation is 1. The van der Waals surface area contributed by atoms with Gasteiger partial charge in [0.1, 0.15) is 6.29 Å². The first-order valence-electron chi connectivity index (χ1n) is 4.07. The highest BCUT2D eigenvalue weighted by atomic mass is 19.1. The van der Waals surface area contributed by atoms with Gasteiger partial charge in [-0.3, -0.25) is 4.79 Å². The molecular formula is C10H11FO2. The van der Waals surface area contributed by atoms with E-state index in [9.17, 15) is 9.18 Å². The summed E-state index contributed by atoms with van der Waals surface area (Å²) in [5.74, 6) is -0.253. The van der Waals surface area contributed by atoms with Crippen LogP contribution in [0.25, 0.3) is 0 Å². The third-order valence-corrected chi connectivity index (χ3v) is 1.68. The molecule has 0 N–H and O–H groups in total. The molecule has 3 heteroatoms. The molecule has 70 valence electrons. The second kappa shape index (κ2) is 4.03. The van der Waals surface area contributed by atoms with Crippen LogP contribution in [-0.2, 0) is 0 Å². The van der Waals surface area contributed by atoms with Crippen molar-refractivity contribution < 1.29 is 13.9 Å². The van der Waals surface area contributed by atoms with Crippen LogP contribution in [0.15, 0.2) is 12.1 Å². The third kappa shape index (κ3) is 2.05. The van der Waals surface area contributed by atoms with Crippen molar-refractivity contribution >= 4 is 6.29 Å². The van der Waals surface area contributed by atoms with E-state index in [2.05, 4.69) is 0 Å². The Hall–Kier alpha value is -1.38. The Labute approximate surface area is 76.3 Å². The summed E-state index contributed by atoms with van der Waals surface area (Å²) in [4.78, 5) is 10.4. The topological polar surface area (TPSA) is 26.3 Å². The molecule has 13 heavy (non-hydrogen) atoms. The molecule has 0 aromatic heterocycles. The van der Waals surface area contributed by atoms with Crippen LogP contribution in [0.2, 0.25) is 0 Å². The standard InChI is InChI=1S/C10H11FO2/c1-3-13-9-5-8(6-12)4-7(2)10(9)11/h4-6H,3H2,1-2H3. The second-order valence-electron chi connectivity index (χ2n) is 2.70. The monoisotopic (exact) mass is 182 g/mol. The highest BCUT2D eigenvalue weighted by molar-refractivity contribution is 5.76. The van der Waals surface area contributed by atoms with Crippen molar-refractivity contribution in [3.63, 3.8) is 0 Å². The van der Waals surface area contributed by atoms with Crippen molar-refractivity contribution in [3.8, 4) is 5.75 Å². The van der Waals surface area contributed by atoms with Gasteiger partial charge in [0.15, 0.2) is 11.6 Å². The minimum atomic E-state index is -0.396. The number of carbonyl (C=O) groups excluding carboxylic acids is 1. The minimum Gasteiger partial charge on any atom is -0.491 e. The van der Waals surface area contributed by atoms with Crippen LogP contribution in [0.3, 0.4) is 0 Å². The van der Waals surface area contributed by atoms with Gasteiger partial charge in [-0.1, -0.05) is 0 Å². The summed E-state index contributed by atoms with van der Waals surface area (Å²) in [6, 6.07) is 2.89. The van der Waals surface area contributed by atoms with Crippen molar-refractivity contribution in [1.82, 2.24) is 0 Å². The molecule has 0 atom stereocenters. The van der Waals surface area contributed by atoms with Gasteiger partial charge in [-0.05, 0) is 31.5 Å². The first-order valence-corrected chi connectivity index (χ1v) is 4.07. The molecule has 0 aliphatic heterocycles. The van der Waals surface area contributed by atoms with E-state index in [1.54, 1.807) is 13.8 Å². The lowest BCUT2D eigenvalue weighted by molar-refractivity contribution is 0.112. The maximum Gasteiger partial charge on any atom is 0.168 e. The van der Waals surface area contributed by atoms with E-state index in [1.807, 2.05) is 0 Å². The van der Waals surface area contributed by atoms with Gasteiger partial charge in [-0.25, -0.2) is 4.39 Å². The van der Waals surface area contributed by atoms with E-state index in [0.717, 1.165) is 0 Å². The second-order valence-corrected chi connectivity index (χ2v) is 2.70. The molecule has 0 bridgehead atoms. The molecule has 0 heterocycles. The molecule has 0 amide bonds. The molecule has 1 aromatic rings. The maximum absolute atomic E-state index is 13.3. The number of carbonyl (C=O) groups is 1. The first-order chi connectivity index (χ1) is 6.19. The molecule has 1 rings (SSSR count). The van der Waals surface area contributed by atoms with Gasteiger partial charge in [0.05, 0.1) is 6.61 Å². The zero-order valence-electron chi connectivity index (χ0n) is 7.63. The molecular weight excluding hydrogens is 171 g/mol. The Morgan fingerprint density at radius 3 is 2.77 bits per heavy atom. The molecule has 2 nitrogen and oxygen atoms in total. The van der Waals surface area contributed by atoms with E-state index < -0.39 is 5.82 Å².